The molecule has 0 amide bonds. The van der Waals surface area contributed by atoms with Gasteiger partial charge in [0.1, 0.15) is 0 Å². The zero-order valence-corrected chi connectivity index (χ0v) is 11.4. The minimum absolute atomic E-state index is 1.08. The summed E-state index contributed by atoms with van der Waals surface area (Å²) in [5, 5.41) is 3.41. The molecule has 0 unspecified atom stereocenters. The van der Waals surface area contributed by atoms with Gasteiger partial charge in [0.2, 0.25) is 0 Å². The van der Waals surface area contributed by atoms with Gasteiger partial charge in [0.05, 0.1) is 0 Å². The van der Waals surface area contributed by atoms with Crippen molar-refractivity contribution in [1.82, 2.24) is 0 Å². The van der Waals surface area contributed by atoms with Gasteiger partial charge in [-0.1, -0.05) is 6.92 Å². The first-order valence-electron chi connectivity index (χ1n) is 4.90. The maximum absolute atomic E-state index is 3.41. The molecule has 0 aliphatic carbocycles. The minimum Gasteiger partial charge on any atom is -0.385 e. The third-order valence-electron chi connectivity index (χ3n) is 1.84. The molecule has 1 aromatic carbocycles. The van der Waals surface area contributed by atoms with E-state index in [1.807, 2.05) is 11.8 Å². The summed E-state index contributed by atoms with van der Waals surface area (Å²) >= 11 is 4.33. The predicted octanol–water partition coefficient (Wildman–Crippen LogP) is 3.85. The van der Waals surface area contributed by atoms with Gasteiger partial charge in [-0.25, -0.2) is 0 Å². The molecule has 14 heavy (non-hydrogen) atoms. The van der Waals surface area contributed by atoms with E-state index in [-0.39, 0.29) is 0 Å². The minimum atomic E-state index is 1.08. The second-order valence-electron chi connectivity index (χ2n) is 2.98. The highest BCUT2D eigenvalue weighted by molar-refractivity contribution is 14.1. The van der Waals surface area contributed by atoms with E-state index in [0.717, 1.165) is 6.54 Å². The predicted molar refractivity (Wildman–Crippen MR) is 75.3 cm³/mol. The fourth-order valence-electron chi connectivity index (χ4n) is 1.12. The molecule has 0 saturated heterocycles. The van der Waals surface area contributed by atoms with Crippen molar-refractivity contribution in [3.05, 3.63) is 27.8 Å². The van der Waals surface area contributed by atoms with Crippen molar-refractivity contribution in [2.75, 3.05) is 23.4 Å². The number of hydrogen-bond donors (Lipinski definition) is 1. The van der Waals surface area contributed by atoms with E-state index < -0.39 is 0 Å². The number of thioether (sulfide) groups is 1. The van der Waals surface area contributed by atoms with Crippen LogP contribution in [0.2, 0.25) is 0 Å². The zero-order chi connectivity index (χ0) is 10.2. The Balaban J connectivity index is 2.15. The summed E-state index contributed by atoms with van der Waals surface area (Å²) in [6.07, 6.45) is 1.24. The topological polar surface area (TPSA) is 12.0 Å². The Bertz CT molecular complexity index is 248. The van der Waals surface area contributed by atoms with Gasteiger partial charge >= 0.3 is 0 Å². The van der Waals surface area contributed by atoms with E-state index in [4.69, 9.17) is 0 Å². The highest BCUT2D eigenvalue weighted by Crippen LogP contribution is 2.11. The maximum Gasteiger partial charge on any atom is 0.0340 e. The Morgan fingerprint density at radius 1 is 1.29 bits per heavy atom. The molecule has 0 aliphatic heterocycles. The molecular weight excluding hydrogens is 305 g/mol. The fraction of sp³-hybridized carbons (Fsp3) is 0.455. The van der Waals surface area contributed by atoms with E-state index >= 15 is 0 Å². The van der Waals surface area contributed by atoms with Gasteiger partial charge < -0.3 is 5.32 Å². The molecule has 0 spiro atoms. The van der Waals surface area contributed by atoms with Crippen molar-refractivity contribution >= 4 is 40.0 Å². The van der Waals surface area contributed by atoms with E-state index in [0.29, 0.717) is 0 Å². The highest BCUT2D eigenvalue weighted by atomic mass is 127. The highest BCUT2D eigenvalue weighted by Gasteiger charge is 1.91. The summed E-state index contributed by atoms with van der Waals surface area (Å²) in [7, 11) is 0. The number of hydrogen-bond acceptors (Lipinski definition) is 2. The number of rotatable bonds is 6. The summed E-state index contributed by atoms with van der Waals surface area (Å²) in [4.78, 5) is 0. The normalized spacial score (nSPS) is 10.1. The second kappa shape index (κ2) is 7.40. The van der Waals surface area contributed by atoms with Gasteiger partial charge in [-0.05, 0) is 64.8 Å². The van der Waals surface area contributed by atoms with Gasteiger partial charge in [0.25, 0.3) is 0 Å². The van der Waals surface area contributed by atoms with Crippen LogP contribution in [0, 0.1) is 3.57 Å². The van der Waals surface area contributed by atoms with E-state index in [2.05, 4.69) is 59.1 Å². The van der Waals surface area contributed by atoms with Crippen molar-refractivity contribution < 1.29 is 0 Å². The summed E-state index contributed by atoms with van der Waals surface area (Å²) in [5.74, 6) is 2.48. The molecule has 0 radical (unpaired) electrons. The van der Waals surface area contributed by atoms with Crippen LogP contribution in [0.4, 0.5) is 5.69 Å². The van der Waals surface area contributed by atoms with Crippen molar-refractivity contribution in [2.24, 2.45) is 0 Å². The SMILES string of the molecule is CCSCCCNc1ccc(I)cc1. The molecule has 0 aromatic heterocycles. The monoisotopic (exact) mass is 321 g/mol. The average molecular weight is 321 g/mol. The smallest absolute Gasteiger partial charge is 0.0340 e. The zero-order valence-electron chi connectivity index (χ0n) is 8.42. The van der Waals surface area contributed by atoms with Gasteiger partial charge in [0.15, 0.2) is 0 Å². The lowest BCUT2D eigenvalue weighted by atomic mass is 10.3. The van der Waals surface area contributed by atoms with E-state index in [1.165, 1.54) is 27.2 Å². The molecule has 1 nitrogen and oxygen atoms in total. The van der Waals surface area contributed by atoms with Crippen LogP contribution in [0.25, 0.3) is 0 Å². The molecule has 0 saturated carbocycles. The third kappa shape index (κ3) is 5.10. The van der Waals surface area contributed by atoms with Crippen LogP contribution in [0.3, 0.4) is 0 Å². The number of benzene rings is 1. The first-order valence-corrected chi connectivity index (χ1v) is 7.13. The van der Waals surface area contributed by atoms with Crippen LogP contribution in [-0.2, 0) is 0 Å². The molecule has 0 bridgehead atoms. The number of halogens is 1. The maximum atomic E-state index is 3.41. The molecule has 3 heteroatoms. The second-order valence-corrected chi connectivity index (χ2v) is 5.62. The van der Waals surface area contributed by atoms with E-state index in [9.17, 15) is 0 Å². The summed E-state index contributed by atoms with van der Waals surface area (Å²) < 4.78 is 1.29. The van der Waals surface area contributed by atoms with Gasteiger partial charge in [0, 0.05) is 15.8 Å². The fourth-order valence-corrected chi connectivity index (χ4v) is 2.12. The lowest BCUT2D eigenvalue weighted by Crippen LogP contribution is -2.02. The third-order valence-corrected chi connectivity index (χ3v) is 3.55. The number of nitrogens with one attached hydrogen (secondary N) is 1. The molecule has 0 heterocycles. The van der Waals surface area contributed by atoms with Crippen LogP contribution in [-0.4, -0.2) is 18.1 Å². The Morgan fingerprint density at radius 2 is 2.00 bits per heavy atom. The lowest BCUT2D eigenvalue weighted by Gasteiger charge is -2.05. The van der Waals surface area contributed by atoms with Crippen LogP contribution in [0.5, 0.6) is 0 Å². The number of anilines is 1. The van der Waals surface area contributed by atoms with Crippen molar-refractivity contribution in [3.8, 4) is 0 Å². The molecule has 78 valence electrons. The molecule has 0 fully saturated rings. The summed E-state index contributed by atoms with van der Waals surface area (Å²) in [5.41, 5.74) is 1.23. The van der Waals surface area contributed by atoms with Crippen molar-refractivity contribution in [2.45, 2.75) is 13.3 Å². The Labute approximate surface area is 104 Å². The Hall–Kier alpha value is 0.1000. The van der Waals surface area contributed by atoms with Gasteiger partial charge in [-0.15, -0.1) is 0 Å². The Kier molecular flexibility index (Phi) is 6.43. The van der Waals surface area contributed by atoms with E-state index in [1.54, 1.807) is 0 Å². The molecular formula is C11H16INS. The molecule has 1 rings (SSSR count). The van der Waals surface area contributed by atoms with Crippen LogP contribution >= 0.6 is 34.4 Å². The summed E-state index contributed by atoms with van der Waals surface area (Å²) in [6.45, 7) is 3.28. The standard InChI is InChI=1S/C11H16INS/c1-2-14-9-3-8-13-11-6-4-10(12)5-7-11/h4-7,13H,2-3,8-9H2,1H3. The lowest BCUT2D eigenvalue weighted by molar-refractivity contribution is 0.992. The van der Waals surface area contributed by atoms with Gasteiger partial charge in [-0.2, -0.15) is 11.8 Å². The van der Waals surface area contributed by atoms with Crippen LogP contribution in [0.15, 0.2) is 24.3 Å². The first-order chi connectivity index (χ1) is 6.83. The molecule has 1 aromatic rings. The van der Waals surface area contributed by atoms with Crippen molar-refractivity contribution in [3.63, 3.8) is 0 Å². The largest absolute Gasteiger partial charge is 0.385 e. The molecule has 1 N–H and O–H groups in total. The van der Waals surface area contributed by atoms with Crippen molar-refractivity contribution in [1.29, 1.82) is 0 Å². The van der Waals surface area contributed by atoms with Crippen LogP contribution in [0.1, 0.15) is 13.3 Å². The Morgan fingerprint density at radius 3 is 2.64 bits per heavy atom. The first kappa shape index (κ1) is 12.2. The quantitative estimate of drug-likeness (QED) is 0.631. The molecule has 0 aliphatic rings. The summed E-state index contributed by atoms with van der Waals surface area (Å²) in [6, 6.07) is 8.52. The van der Waals surface area contributed by atoms with Gasteiger partial charge in [-0.3, -0.25) is 0 Å². The van der Waals surface area contributed by atoms with Crippen LogP contribution < -0.4 is 5.32 Å². The average Bonchev–Trinajstić information content (AvgIpc) is 2.21. The molecule has 0 atom stereocenters.